The number of amides is 1. The number of carbonyl (C=O) groups is 1. The summed E-state index contributed by atoms with van der Waals surface area (Å²) < 4.78 is 0. The summed E-state index contributed by atoms with van der Waals surface area (Å²) in [6, 6.07) is 0. The second kappa shape index (κ2) is 5.60. The first-order chi connectivity index (χ1) is 7.72. The summed E-state index contributed by atoms with van der Waals surface area (Å²) >= 11 is 0. The number of rotatable bonds is 5. The van der Waals surface area contributed by atoms with Crippen LogP contribution in [0.25, 0.3) is 0 Å². The first-order valence-electron chi connectivity index (χ1n) is 6.83. The lowest BCUT2D eigenvalue weighted by Gasteiger charge is -2.34. The van der Waals surface area contributed by atoms with E-state index in [0.717, 1.165) is 12.8 Å². The van der Waals surface area contributed by atoms with Gasteiger partial charge in [0.05, 0.1) is 0 Å². The van der Waals surface area contributed by atoms with Gasteiger partial charge in [0.1, 0.15) is 0 Å². The summed E-state index contributed by atoms with van der Waals surface area (Å²) in [5, 5.41) is 3.12. The molecule has 1 atom stereocenters. The third kappa shape index (κ3) is 8.51. The SMILES string of the molecule is CC(CC(C)(C)C)C(=O)NC(C)(C)CC(C)(C)N. The lowest BCUT2D eigenvalue weighted by molar-refractivity contribution is -0.127. The molecule has 108 valence electrons. The van der Waals surface area contributed by atoms with Crippen molar-refractivity contribution in [1.29, 1.82) is 0 Å². The van der Waals surface area contributed by atoms with Gasteiger partial charge in [-0.3, -0.25) is 4.79 Å². The van der Waals surface area contributed by atoms with E-state index < -0.39 is 0 Å². The normalized spacial score (nSPS) is 15.4. The lowest BCUT2D eigenvalue weighted by Crippen LogP contribution is -2.51. The molecule has 1 amide bonds. The molecule has 0 saturated carbocycles. The van der Waals surface area contributed by atoms with Crippen molar-refractivity contribution in [3.05, 3.63) is 0 Å². The van der Waals surface area contributed by atoms with Gasteiger partial charge in [-0.15, -0.1) is 0 Å². The van der Waals surface area contributed by atoms with Gasteiger partial charge in [0.15, 0.2) is 0 Å². The van der Waals surface area contributed by atoms with E-state index in [1.807, 2.05) is 34.6 Å². The molecule has 0 rings (SSSR count). The van der Waals surface area contributed by atoms with Gasteiger partial charge in [0, 0.05) is 17.0 Å². The van der Waals surface area contributed by atoms with E-state index in [-0.39, 0.29) is 28.3 Å². The number of hydrogen-bond acceptors (Lipinski definition) is 2. The first kappa shape index (κ1) is 17.4. The molecular formula is C15H32N2O. The zero-order valence-electron chi connectivity index (χ0n) is 13.5. The fraction of sp³-hybridized carbons (Fsp3) is 0.933. The van der Waals surface area contributed by atoms with E-state index in [2.05, 4.69) is 26.1 Å². The van der Waals surface area contributed by atoms with Crippen LogP contribution in [-0.2, 0) is 4.79 Å². The van der Waals surface area contributed by atoms with Gasteiger partial charge in [-0.1, -0.05) is 27.7 Å². The Morgan fingerprint density at radius 3 is 1.89 bits per heavy atom. The van der Waals surface area contributed by atoms with Gasteiger partial charge in [-0.2, -0.15) is 0 Å². The Morgan fingerprint density at radius 1 is 1.11 bits per heavy atom. The largest absolute Gasteiger partial charge is 0.351 e. The van der Waals surface area contributed by atoms with E-state index >= 15 is 0 Å². The molecule has 0 fully saturated rings. The highest BCUT2D eigenvalue weighted by atomic mass is 16.2. The Morgan fingerprint density at radius 2 is 1.56 bits per heavy atom. The number of hydrogen-bond donors (Lipinski definition) is 2. The third-order valence-corrected chi connectivity index (χ3v) is 2.73. The molecule has 0 spiro atoms. The highest BCUT2D eigenvalue weighted by molar-refractivity contribution is 5.79. The molecule has 0 bridgehead atoms. The summed E-state index contributed by atoms with van der Waals surface area (Å²) in [7, 11) is 0. The second-order valence-electron chi connectivity index (χ2n) is 8.20. The van der Waals surface area contributed by atoms with E-state index in [1.165, 1.54) is 0 Å². The first-order valence-corrected chi connectivity index (χ1v) is 6.83. The van der Waals surface area contributed by atoms with Crippen LogP contribution in [0.3, 0.4) is 0 Å². The topological polar surface area (TPSA) is 55.1 Å². The van der Waals surface area contributed by atoms with Gasteiger partial charge in [-0.25, -0.2) is 0 Å². The second-order valence-corrected chi connectivity index (χ2v) is 8.20. The van der Waals surface area contributed by atoms with Crippen LogP contribution < -0.4 is 11.1 Å². The maximum absolute atomic E-state index is 12.2. The molecule has 3 N–H and O–H groups in total. The molecule has 0 aliphatic rings. The Balaban J connectivity index is 4.47. The molecule has 1 unspecified atom stereocenters. The summed E-state index contributed by atoms with van der Waals surface area (Å²) in [5.41, 5.74) is 5.66. The van der Waals surface area contributed by atoms with Crippen LogP contribution in [-0.4, -0.2) is 17.0 Å². The molecule has 18 heavy (non-hydrogen) atoms. The van der Waals surface area contributed by atoms with Gasteiger partial charge < -0.3 is 11.1 Å². The molecule has 3 heteroatoms. The minimum Gasteiger partial charge on any atom is -0.351 e. The molecule has 0 aliphatic heterocycles. The van der Waals surface area contributed by atoms with Crippen LogP contribution in [0.4, 0.5) is 0 Å². The van der Waals surface area contributed by atoms with Crippen molar-refractivity contribution in [2.45, 2.75) is 79.3 Å². The quantitative estimate of drug-likeness (QED) is 0.794. The van der Waals surface area contributed by atoms with E-state index in [1.54, 1.807) is 0 Å². The van der Waals surface area contributed by atoms with Crippen molar-refractivity contribution in [3.8, 4) is 0 Å². The van der Waals surface area contributed by atoms with Crippen LogP contribution in [0.2, 0.25) is 0 Å². The van der Waals surface area contributed by atoms with Crippen LogP contribution in [0.1, 0.15) is 68.2 Å². The highest BCUT2D eigenvalue weighted by Crippen LogP contribution is 2.25. The van der Waals surface area contributed by atoms with Gasteiger partial charge >= 0.3 is 0 Å². The predicted octanol–water partition coefficient (Wildman–Crippen LogP) is 3.08. The maximum Gasteiger partial charge on any atom is 0.223 e. The Hall–Kier alpha value is -0.570. The molecule has 0 aliphatic carbocycles. The maximum atomic E-state index is 12.2. The molecule has 0 aromatic rings. The summed E-state index contributed by atoms with van der Waals surface area (Å²) in [6.07, 6.45) is 1.65. The minimum atomic E-state index is -0.274. The Bertz CT molecular complexity index is 282. The fourth-order valence-electron chi connectivity index (χ4n) is 2.65. The smallest absolute Gasteiger partial charge is 0.223 e. The highest BCUT2D eigenvalue weighted by Gasteiger charge is 2.29. The fourth-order valence-corrected chi connectivity index (χ4v) is 2.65. The molecule has 0 aromatic heterocycles. The van der Waals surface area contributed by atoms with E-state index in [0.29, 0.717) is 0 Å². The van der Waals surface area contributed by atoms with Crippen molar-refractivity contribution < 1.29 is 4.79 Å². The molecule has 3 nitrogen and oxygen atoms in total. The van der Waals surface area contributed by atoms with Crippen LogP contribution >= 0.6 is 0 Å². The van der Waals surface area contributed by atoms with Crippen LogP contribution in [0.5, 0.6) is 0 Å². The summed E-state index contributed by atoms with van der Waals surface area (Å²) in [6.45, 7) is 16.5. The minimum absolute atomic E-state index is 0.0326. The Labute approximate surface area is 113 Å². The number of carbonyl (C=O) groups excluding carboxylic acids is 1. The standard InChI is InChI=1S/C15H32N2O/c1-11(9-13(2,3)4)12(18)17-15(7,8)10-14(5,6)16/h11H,9-10,16H2,1-8H3,(H,17,18). The van der Waals surface area contributed by atoms with Crippen molar-refractivity contribution in [2.75, 3.05) is 0 Å². The number of nitrogens with two attached hydrogens (primary N) is 1. The van der Waals surface area contributed by atoms with Crippen LogP contribution in [0, 0.1) is 11.3 Å². The van der Waals surface area contributed by atoms with Crippen molar-refractivity contribution >= 4 is 5.91 Å². The number of nitrogens with one attached hydrogen (secondary N) is 1. The van der Waals surface area contributed by atoms with E-state index in [9.17, 15) is 4.79 Å². The molecular weight excluding hydrogens is 224 g/mol. The van der Waals surface area contributed by atoms with Gasteiger partial charge in [0.25, 0.3) is 0 Å². The average molecular weight is 256 g/mol. The van der Waals surface area contributed by atoms with Gasteiger partial charge in [0.2, 0.25) is 5.91 Å². The van der Waals surface area contributed by atoms with Crippen LogP contribution in [0.15, 0.2) is 0 Å². The zero-order chi connectivity index (χ0) is 14.8. The molecule has 0 radical (unpaired) electrons. The molecule has 0 heterocycles. The van der Waals surface area contributed by atoms with Crippen molar-refractivity contribution in [2.24, 2.45) is 17.1 Å². The predicted molar refractivity (Wildman–Crippen MR) is 78.3 cm³/mol. The summed E-state index contributed by atoms with van der Waals surface area (Å²) in [4.78, 5) is 12.2. The lowest BCUT2D eigenvalue weighted by atomic mass is 9.83. The third-order valence-electron chi connectivity index (χ3n) is 2.73. The van der Waals surface area contributed by atoms with Gasteiger partial charge in [-0.05, 0) is 46.0 Å². The van der Waals surface area contributed by atoms with E-state index in [4.69, 9.17) is 5.73 Å². The van der Waals surface area contributed by atoms with Crippen molar-refractivity contribution in [3.63, 3.8) is 0 Å². The zero-order valence-corrected chi connectivity index (χ0v) is 13.5. The summed E-state index contributed by atoms with van der Waals surface area (Å²) in [5.74, 6) is 0.157. The molecule has 0 saturated heterocycles. The average Bonchev–Trinajstić information content (AvgIpc) is 1.93. The Kier molecular flexibility index (Phi) is 5.42. The monoisotopic (exact) mass is 256 g/mol. The van der Waals surface area contributed by atoms with Crippen molar-refractivity contribution in [1.82, 2.24) is 5.32 Å². The molecule has 0 aromatic carbocycles.